The van der Waals surface area contributed by atoms with Crippen molar-refractivity contribution < 1.29 is 4.74 Å². The average Bonchev–Trinajstić information content (AvgIpc) is 2.28. The van der Waals surface area contributed by atoms with Gasteiger partial charge in [-0.25, -0.2) is 4.98 Å². The van der Waals surface area contributed by atoms with Crippen LogP contribution in [0.2, 0.25) is 0 Å². The van der Waals surface area contributed by atoms with Crippen molar-refractivity contribution in [3.8, 4) is 0 Å². The highest BCUT2D eigenvalue weighted by Gasteiger charge is 2.17. The third-order valence-electron chi connectivity index (χ3n) is 2.64. The van der Waals surface area contributed by atoms with Crippen LogP contribution in [0.1, 0.15) is 0 Å². The van der Waals surface area contributed by atoms with Crippen LogP contribution in [0.3, 0.4) is 0 Å². The standard InChI is InChI=1S/C11H18N4O/c1-15-4-5-16-10(8-15)7-14-11-3-2-9(12)6-13-11/h2-3,6,10H,4-5,7-8,12H2,1H3,(H,13,14). The number of hydrogen-bond acceptors (Lipinski definition) is 5. The number of pyridine rings is 1. The predicted molar refractivity (Wildman–Crippen MR) is 64.4 cm³/mol. The molecule has 0 radical (unpaired) electrons. The molecule has 0 amide bonds. The summed E-state index contributed by atoms with van der Waals surface area (Å²) in [4.78, 5) is 6.45. The first kappa shape index (κ1) is 11.2. The van der Waals surface area contributed by atoms with Gasteiger partial charge in [-0.15, -0.1) is 0 Å². The van der Waals surface area contributed by atoms with Gasteiger partial charge in [-0.05, 0) is 19.2 Å². The summed E-state index contributed by atoms with van der Waals surface area (Å²) in [6, 6.07) is 3.71. The molecular formula is C11H18N4O. The number of nitrogen functional groups attached to an aromatic ring is 1. The summed E-state index contributed by atoms with van der Waals surface area (Å²) in [6.45, 7) is 3.55. The number of rotatable bonds is 3. The summed E-state index contributed by atoms with van der Waals surface area (Å²) in [5, 5.41) is 3.24. The van der Waals surface area contributed by atoms with E-state index in [2.05, 4.69) is 22.2 Å². The molecule has 0 saturated carbocycles. The van der Waals surface area contributed by atoms with E-state index in [9.17, 15) is 0 Å². The summed E-state index contributed by atoms with van der Waals surface area (Å²) in [5.41, 5.74) is 6.24. The minimum Gasteiger partial charge on any atom is -0.397 e. The Morgan fingerprint density at radius 1 is 1.62 bits per heavy atom. The molecule has 0 spiro atoms. The molecule has 0 aromatic carbocycles. The maximum atomic E-state index is 5.64. The zero-order chi connectivity index (χ0) is 11.4. The van der Waals surface area contributed by atoms with E-state index >= 15 is 0 Å². The molecule has 1 aliphatic rings. The van der Waals surface area contributed by atoms with E-state index in [-0.39, 0.29) is 6.10 Å². The van der Waals surface area contributed by atoms with Crippen LogP contribution >= 0.6 is 0 Å². The van der Waals surface area contributed by atoms with Gasteiger partial charge >= 0.3 is 0 Å². The van der Waals surface area contributed by atoms with Crippen LogP contribution in [0.4, 0.5) is 11.5 Å². The van der Waals surface area contributed by atoms with Crippen LogP contribution in [-0.2, 0) is 4.74 Å². The first-order valence-electron chi connectivity index (χ1n) is 5.49. The van der Waals surface area contributed by atoms with Crippen molar-refractivity contribution in [2.45, 2.75) is 6.10 Å². The second-order valence-electron chi connectivity index (χ2n) is 4.11. The molecule has 5 heteroatoms. The zero-order valence-electron chi connectivity index (χ0n) is 9.52. The summed E-state index contributed by atoms with van der Waals surface area (Å²) in [5.74, 6) is 0.839. The Labute approximate surface area is 95.6 Å². The van der Waals surface area contributed by atoms with Gasteiger partial charge in [0.1, 0.15) is 5.82 Å². The molecule has 0 aliphatic carbocycles. The lowest BCUT2D eigenvalue weighted by atomic mass is 10.3. The fraction of sp³-hybridized carbons (Fsp3) is 0.545. The van der Waals surface area contributed by atoms with Crippen molar-refractivity contribution in [1.29, 1.82) is 0 Å². The van der Waals surface area contributed by atoms with Crippen LogP contribution in [0, 0.1) is 0 Å². The molecule has 1 atom stereocenters. The van der Waals surface area contributed by atoms with Crippen LogP contribution in [-0.4, -0.2) is 49.3 Å². The predicted octanol–water partition coefficient (Wildman–Crippen LogP) is 0.406. The van der Waals surface area contributed by atoms with Crippen molar-refractivity contribution in [1.82, 2.24) is 9.88 Å². The lowest BCUT2D eigenvalue weighted by molar-refractivity contribution is -0.0117. The fourth-order valence-corrected chi connectivity index (χ4v) is 1.72. The molecular weight excluding hydrogens is 204 g/mol. The molecule has 5 nitrogen and oxygen atoms in total. The number of ether oxygens (including phenoxy) is 1. The first-order valence-corrected chi connectivity index (χ1v) is 5.49. The normalized spacial score (nSPS) is 21.9. The highest BCUT2D eigenvalue weighted by Crippen LogP contribution is 2.08. The van der Waals surface area contributed by atoms with Gasteiger partial charge in [0.05, 0.1) is 24.6 Å². The van der Waals surface area contributed by atoms with Gasteiger partial charge in [0, 0.05) is 19.6 Å². The van der Waals surface area contributed by atoms with Crippen molar-refractivity contribution >= 4 is 11.5 Å². The van der Waals surface area contributed by atoms with Crippen molar-refractivity contribution in [2.24, 2.45) is 0 Å². The highest BCUT2D eigenvalue weighted by molar-refractivity contribution is 5.43. The lowest BCUT2D eigenvalue weighted by Crippen LogP contribution is -2.43. The Balaban J connectivity index is 1.80. The van der Waals surface area contributed by atoms with Gasteiger partial charge in [0.2, 0.25) is 0 Å². The second-order valence-corrected chi connectivity index (χ2v) is 4.11. The highest BCUT2D eigenvalue weighted by atomic mass is 16.5. The molecule has 3 N–H and O–H groups in total. The number of nitrogens with zero attached hydrogens (tertiary/aromatic N) is 2. The van der Waals surface area contributed by atoms with E-state index in [4.69, 9.17) is 10.5 Å². The number of likely N-dealkylation sites (N-methyl/N-ethyl adjacent to an activating group) is 1. The van der Waals surface area contributed by atoms with E-state index in [0.717, 1.165) is 32.1 Å². The molecule has 1 aromatic rings. The molecule has 2 rings (SSSR count). The minimum atomic E-state index is 0.234. The number of hydrogen-bond donors (Lipinski definition) is 2. The van der Waals surface area contributed by atoms with E-state index in [1.54, 1.807) is 6.20 Å². The topological polar surface area (TPSA) is 63.4 Å². The van der Waals surface area contributed by atoms with Gasteiger partial charge in [0.15, 0.2) is 0 Å². The quantitative estimate of drug-likeness (QED) is 0.775. The van der Waals surface area contributed by atoms with E-state index < -0.39 is 0 Å². The number of nitrogens with two attached hydrogens (primary N) is 1. The number of anilines is 2. The van der Waals surface area contributed by atoms with Crippen molar-refractivity contribution in [2.75, 3.05) is 44.3 Å². The number of nitrogens with one attached hydrogen (secondary N) is 1. The first-order chi connectivity index (χ1) is 7.74. The Morgan fingerprint density at radius 2 is 2.50 bits per heavy atom. The number of morpholine rings is 1. The maximum absolute atomic E-state index is 5.64. The van der Waals surface area contributed by atoms with Crippen LogP contribution in [0.5, 0.6) is 0 Å². The van der Waals surface area contributed by atoms with Gasteiger partial charge in [-0.3, -0.25) is 0 Å². The molecule has 1 unspecified atom stereocenters. The monoisotopic (exact) mass is 222 g/mol. The Kier molecular flexibility index (Phi) is 3.58. The molecule has 0 bridgehead atoms. The third kappa shape index (κ3) is 3.08. The zero-order valence-corrected chi connectivity index (χ0v) is 9.52. The Hall–Kier alpha value is -1.33. The maximum Gasteiger partial charge on any atom is 0.126 e. The summed E-state index contributed by atoms with van der Waals surface area (Å²) >= 11 is 0. The largest absolute Gasteiger partial charge is 0.397 e. The lowest BCUT2D eigenvalue weighted by Gasteiger charge is -2.30. The van der Waals surface area contributed by atoms with Gasteiger partial charge in [0.25, 0.3) is 0 Å². The second kappa shape index (κ2) is 5.14. The molecule has 16 heavy (non-hydrogen) atoms. The SMILES string of the molecule is CN1CCOC(CNc2ccc(N)cn2)C1. The average molecular weight is 222 g/mol. The van der Waals surface area contributed by atoms with Crippen molar-refractivity contribution in [3.63, 3.8) is 0 Å². The van der Waals surface area contributed by atoms with E-state index in [1.807, 2.05) is 12.1 Å². The summed E-state index contributed by atoms with van der Waals surface area (Å²) in [7, 11) is 2.11. The molecule has 1 aromatic heterocycles. The summed E-state index contributed by atoms with van der Waals surface area (Å²) in [6.07, 6.45) is 1.88. The Morgan fingerprint density at radius 3 is 3.19 bits per heavy atom. The fourth-order valence-electron chi connectivity index (χ4n) is 1.72. The minimum absolute atomic E-state index is 0.234. The molecule has 1 aliphatic heterocycles. The van der Waals surface area contributed by atoms with Gasteiger partial charge in [-0.2, -0.15) is 0 Å². The molecule has 2 heterocycles. The van der Waals surface area contributed by atoms with Gasteiger partial charge < -0.3 is 20.7 Å². The van der Waals surface area contributed by atoms with E-state index in [0.29, 0.717) is 5.69 Å². The molecule has 1 saturated heterocycles. The van der Waals surface area contributed by atoms with Gasteiger partial charge in [-0.1, -0.05) is 0 Å². The molecule has 1 fully saturated rings. The van der Waals surface area contributed by atoms with Crippen LogP contribution in [0.15, 0.2) is 18.3 Å². The Bertz CT molecular complexity index is 327. The molecule has 88 valence electrons. The van der Waals surface area contributed by atoms with Crippen molar-refractivity contribution in [3.05, 3.63) is 18.3 Å². The van der Waals surface area contributed by atoms with Crippen LogP contribution < -0.4 is 11.1 Å². The summed E-state index contributed by atoms with van der Waals surface area (Å²) < 4.78 is 5.64. The number of aromatic nitrogens is 1. The smallest absolute Gasteiger partial charge is 0.126 e. The van der Waals surface area contributed by atoms with Crippen LogP contribution in [0.25, 0.3) is 0 Å². The van der Waals surface area contributed by atoms with E-state index in [1.165, 1.54) is 0 Å². The third-order valence-corrected chi connectivity index (χ3v) is 2.64.